The predicted molar refractivity (Wildman–Crippen MR) is 127 cm³/mol. The highest BCUT2D eigenvalue weighted by Crippen LogP contribution is 2.21. The van der Waals surface area contributed by atoms with Crippen LogP contribution in [0.5, 0.6) is 0 Å². The van der Waals surface area contributed by atoms with Crippen LogP contribution in [0.2, 0.25) is 5.02 Å². The van der Waals surface area contributed by atoms with Gasteiger partial charge in [0.25, 0.3) is 0 Å². The van der Waals surface area contributed by atoms with Gasteiger partial charge in [-0.1, -0.05) is 35.5 Å². The van der Waals surface area contributed by atoms with Crippen LogP contribution in [0, 0.1) is 5.82 Å². The highest BCUT2D eigenvalue weighted by atomic mass is 35.5. The van der Waals surface area contributed by atoms with Crippen LogP contribution in [-0.4, -0.2) is 48.0 Å². The molecule has 3 aromatic rings. The lowest BCUT2D eigenvalue weighted by atomic mass is 10.2. The zero-order valence-electron chi connectivity index (χ0n) is 17.4. The van der Waals surface area contributed by atoms with Gasteiger partial charge in [0.1, 0.15) is 10.8 Å². The first kappa shape index (κ1) is 22.4. The molecule has 0 aliphatic carbocycles. The van der Waals surface area contributed by atoms with Crippen molar-refractivity contribution >= 4 is 40.8 Å². The summed E-state index contributed by atoms with van der Waals surface area (Å²) in [7, 11) is 0. The van der Waals surface area contributed by atoms with Gasteiger partial charge in [-0.15, -0.1) is 10.2 Å². The monoisotopic (exact) mass is 471 g/mol. The molecule has 2 heterocycles. The Morgan fingerprint density at radius 3 is 2.28 bits per heavy atom. The van der Waals surface area contributed by atoms with Crippen molar-refractivity contribution in [2.24, 2.45) is 0 Å². The molecule has 1 aliphatic heterocycles. The van der Waals surface area contributed by atoms with Gasteiger partial charge in [-0.2, -0.15) is 0 Å². The molecule has 0 bridgehead atoms. The topological polar surface area (TPSA) is 61.4 Å². The molecule has 1 N–H and O–H groups in total. The van der Waals surface area contributed by atoms with E-state index in [1.165, 1.54) is 23.9 Å². The van der Waals surface area contributed by atoms with Crippen molar-refractivity contribution in [3.8, 4) is 0 Å². The number of carbonyl (C=O) groups excluding carboxylic acids is 1. The van der Waals surface area contributed by atoms with Crippen molar-refractivity contribution in [2.45, 2.75) is 11.6 Å². The summed E-state index contributed by atoms with van der Waals surface area (Å²) in [6, 6.07) is 17.8. The average molecular weight is 472 g/mol. The van der Waals surface area contributed by atoms with Crippen LogP contribution in [-0.2, 0) is 11.3 Å². The number of piperazine rings is 1. The Labute approximate surface area is 195 Å². The molecule has 0 atom stereocenters. The van der Waals surface area contributed by atoms with Crippen molar-refractivity contribution < 1.29 is 9.18 Å². The molecule has 1 aliphatic rings. The van der Waals surface area contributed by atoms with Gasteiger partial charge in [-0.25, -0.2) is 4.39 Å². The van der Waals surface area contributed by atoms with Crippen LogP contribution in [0.4, 0.5) is 15.9 Å². The minimum absolute atomic E-state index is 0.0623. The van der Waals surface area contributed by atoms with Gasteiger partial charge in [-0.05, 0) is 54.1 Å². The molecule has 2 aromatic carbocycles. The second kappa shape index (κ2) is 10.7. The zero-order chi connectivity index (χ0) is 22.3. The standard InChI is InChI=1S/C23H23ClFN5OS/c24-18-3-1-17(2-4-18)15-26-22(31)16-32-23-10-9-21(27-28-23)30-13-11-29(12-14-30)20-7-5-19(25)6-8-20/h1-10H,11-16H2,(H,26,31). The first-order valence-electron chi connectivity index (χ1n) is 10.3. The van der Waals surface area contributed by atoms with E-state index in [2.05, 4.69) is 25.3 Å². The highest BCUT2D eigenvalue weighted by Gasteiger charge is 2.19. The third-order valence-electron chi connectivity index (χ3n) is 5.18. The molecular weight excluding hydrogens is 449 g/mol. The SMILES string of the molecule is O=C(CSc1ccc(N2CCN(c3ccc(F)cc3)CC2)nn1)NCc1ccc(Cl)cc1. The Kier molecular flexibility index (Phi) is 7.44. The number of carbonyl (C=O) groups is 1. The first-order chi connectivity index (χ1) is 15.6. The summed E-state index contributed by atoms with van der Waals surface area (Å²) >= 11 is 7.23. The molecule has 1 amide bonds. The molecule has 1 saturated heterocycles. The maximum absolute atomic E-state index is 13.1. The number of thioether (sulfide) groups is 1. The summed E-state index contributed by atoms with van der Waals surface area (Å²) in [4.78, 5) is 16.5. The van der Waals surface area contributed by atoms with Gasteiger partial charge in [0.05, 0.1) is 5.75 Å². The number of amides is 1. The Balaban J connectivity index is 1.21. The minimum atomic E-state index is -0.223. The number of benzene rings is 2. The third-order valence-corrected chi connectivity index (χ3v) is 6.35. The Bertz CT molecular complexity index is 1030. The number of anilines is 2. The van der Waals surface area contributed by atoms with Crippen LogP contribution >= 0.6 is 23.4 Å². The Hall–Kier alpha value is -2.84. The van der Waals surface area contributed by atoms with Gasteiger partial charge in [-0.3, -0.25) is 4.79 Å². The van der Waals surface area contributed by atoms with Crippen LogP contribution in [0.1, 0.15) is 5.56 Å². The third kappa shape index (κ3) is 6.11. The number of nitrogens with zero attached hydrogens (tertiary/aromatic N) is 4. The van der Waals surface area contributed by atoms with Gasteiger partial charge in [0.2, 0.25) is 5.91 Å². The summed E-state index contributed by atoms with van der Waals surface area (Å²) in [5.41, 5.74) is 2.02. The van der Waals surface area contributed by atoms with Gasteiger partial charge in [0.15, 0.2) is 5.82 Å². The quantitative estimate of drug-likeness (QED) is 0.525. The second-order valence-electron chi connectivity index (χ2n) is 7.37. The van der Waals surface area contributed by atoms with Gasteiger partial charge < -0.3 is 15.1 Å². The molecule has 4 rings (SSSR count). The van der Waals surface area contributed by atoms with Crippen molar-refractivity contribution in [2.75, 3.05) is 41.7 Å². The van der Waals surface area contributed by atoms with E-state index in [0.717, 1.165) is 43.2 Å². The molecular formula is C23H23ClFN5OS. The molecule has 166 valence electrons. The largest absolute Gasteiger partial charge is 0.368 e. The van der Waals surface area contributed by atoms with E-state index in [9.17, 15) is 9.18 Å². The van der Waals surface area contributed by atoms with Crippen LogP contribution in [0.25, 0.3) is 0 Å². The van der Waals surface area contributed by atoms with Crippen LogP contribution in [0.15, 0.2) is 65.7 Å². The fourth-order valence-corrected chi connectivity index (χ4v) is 4.17. The second-order valence-corrected chi connectivity index (χ2v) is 8.80. The normalized spacial score (nSPS) is 13.8. The lowest BCUT2D eigenvalue weighted by molar-refractivity contribution is -0.118. The van der Waals surface area contributed by atoms with E-state index in [0.29, 0.717) is 16.6 Å². The van der Waals surface area contributed by atoms with Gasteiger partial charge in [0, 0.05) is 43.4 Å². The molecule has 0 unspecified atom stereocenters. The molecule has 9 heteroatoms. The van der Waals surface area contributed by atoms with Gasteiger partial charge >= 0.3 is 0 Å². The number of halogens is 2. The lowest BCUT2D eigenvalue weighted by Crippen LogP contribution is -2.46. The van der Waals surface area contributed by atoms with E-state index in [1.54, 1.807) is 12.1 Å². The molecule has 0 spiro atoms. The number of hydrogen-bond acceptors (Lipinski definition) is 6. The summed E-state index contributed by atoms with van der Waals surface area (Å²) in [6.07, 6.45) is 0. The predicted octanol–water partition coefficient (Wildman–Crippen LogP) is 4.00. The molecule has 0 saturated carbocycles. The maximum Gasteiger partial charge on any atom is 0.230 e. The van der Waals surface area contributed by atoms with Crippen LogP contribution < -0.4 is 15.1 Å². The van der Waals surface area contributed by atoms with Crippen molar-refractivity contribution in [1.82, 2.24) is 15.5 Å². The summed E-state index contributed by atoms with van der Waals surface area (Å²) < 4.78 is 13.1. The van der Waals surface area contributed by atoms with Crippen molar-refractivity contribution in [3.63, 3.8) is 0 Å². The smallest absolute Gasteiger partial charge is 0.230 e. The Morgan fingerprint density at radius 2 is 1.62 bits per heavy atom. The maximum atomic E-state index is 13.1. The van der Waals surface area contributed by atoms with Crippen molar-refractivity contribution in [3.05, 3.63) is 77.1 Å². The molecule has 0 radical (unpaired) electrons. The zero-order valence-corrected chi connectivity index (χ0v) is 18.9. The first-order valence-corrected chi connectivity index (χ1v) is 11.7. The highest BCUT2D eigenvalue weighted by molar-refractivity contribution is 7.99. The fraction of sp³-hybridized carbons (Fsp3) is 0.261. The van der Waals surface area contributed by atoms with E-state index in [1.807, 2.05) is 36.4 Å². The summed E-state index contributed by atoms with van der Waals surface area (Å²) in [5.74, 6) is 0.811. The number of hydrogen-bond donors (Lipinski definition) is 1. The summed E-state index contributed by atoms with van der Waals surface area (Å²) in [5, 5.41) is 12.9. The van der Waals surface area contributed by atoms with E-state index in [-0.39, 0.29) is 17.5 Å². The molecule has 6 nitrogen and oxygen atoms in total. The molecule has 32 heavy (non-hydrogen) atoms. The molecule has 1 fully saturated rings. The van der Waals surface area contributed by atoms with E-state index >= 15 is 0 Å². The van der Waals surface area contributed by atoms with E-state index < -0.39 is 0 Å². The average Bonchev–Trinajstić information content (AvgIpc) is 2.83. The fourth-order valence-electron chi connectivity index (χ4n) is 3.40. The number of nitrogens with one attached hydrogen (secondary N) is 1. The van der Waals surface area contributed by atoms with E-state index in [4.69, 9.17) is 11.6 Å². The number of aromatic nitrogens is 2. The van der Waals surface area contributed by atoms with Crippen molar-refractivity contribution in [1.29, 1.82) is 0 Å². The van der Waals surface area contributed by atoms with Crippen LogP contribution in [0.3, 0.4) is 0 Å². The lowest BCUT2D eigenvalue weighted by Gasteiger charge is -2.36. The minimum Gasteiger partial charge on any atom is -0.368 e. The molecule has 1 aromatic heterocycles. The Morgan fingerprint density at radius 1 is 0.938 bits per heavy atom. The number of rotatable bonds is 7. The summed E-state index contributed by atoms with van der Waals surface area (Å²) in [6.45, 7) is 3.75.